The number of rotatable bonds is 5. The average Bonchev–Trinajstić information content (AvgIpc) is 2.26. The molecule has 0 heterocycles. The van der Waals surface area contributed by atoms with Crippen LogP contribution >= 0.6 is 0 Å². The van der Waals surface area contributed by atoms with Crippen molar-refractivity contribution >= 4 is 5.69 Å². The molecule has 0 aliphatic heterocycles. The third-order valence-corrected chi connectivity index (χ3v) is 3.10. The van der Waals surface area contributed by atoms with Gasteiger partial charge >= 0.3 is 0 Å². The Morgan fingerprint density at radius 2 is 1.58 bits per heavy atom. The van der Waals surface area contributed by atoms with Gasteiger partial charge in [0.25, 0.3) is 0 Å². The van der Waals surface area contributed by atoms with Gasteiger partial charge in [-0.2, -0.15) is 29.7 Å². The quantitative estimate of drug-likeness (QED) is 0.686. The molecule has 1 nitrogen and oxygen atoms in total. The zero-order chi connectivity index (χ0) is 13.9. The van der Waals surface area contributed by atoms with Crippen LogP contribution in [0.15, 0.2) is 12.1 Å². The van der Waals surface area contributed by atoms with Crippen LogP contribution in [0.1, 0.15) is 64.5 Å². The third kappa shape index (κ3) is 5.56. The van der Waals surface area contributed by atoms with Gasteiger partial charge in [0, 0.05) is 32.7 Å². The normalized spacial score (nSPS) is 11.1. The fourth-order valence-corrected chi connectivity index (χ4v) is 2.22. The van der Waals surface area contributed by atoms with Crippen LogP contribution < -0.4 is 4.90 Å². The molecule has 105 valence electrons. The average molecular weight is 334 g/mol. The summed E-state index contributed by atoms with van der Waals surface area (Å²) in [7, 11) is 2.10. The summed E-state index contributed by atoms with van der Waals surface area (Å²) in [6.45, 7) is 15.6. The molecule has 0 saturated carbocycles. The van der Waals surface area contributed by atoms with E-state index < -0.39 is 0 Å². The second-order valence-electron chi connectivity index (χ2n) is 6.03. The first-order chi connectivity index (χ1) is 8.32. The van der Waals surface area contributed by atoms with Crippen molar-refractivity contribution in [2.75, 3.05) is 11.9 Å². The zero-order valence-electron chi connectivity index (χ0n) is 13.5. The summed E-state index contributed by atoms with van der Waals surface area (Å²) in [6, 6.07) is 8.03. The standard InChI is InChI=1S/C17H27N.Y/c1-12(2)11-18(7)15-8-9-16(13(3)4)17(10-15)14(5)6;/h8-9,11-14H,1-7H3;/q-2;. The minimum atomic E-state index is 0. The molecule has 0 unspecified atom stereocenters. The summed E-state index contributed by atoms with van der Waals surface area (Å²) < 4.78 is 0. The molecule has 1 radical (unpaired) electrons. The third-order valence-electron chi connectivity index (χ3n) is 3.10. The second-order valence-corrected chi connectivity index (χ2v) is 6.03. The van der Waals surface area contributed by atoms with Crippen LogP contribution in [0.3, 0.4) is 0 Å². The van der Waals surface area contributed by atoms with Crippen LogP contribution in [0.2, 0.25) is 0 Å². The maximum atomic E-state index is 3.59. The second kappa shape index (κ2) is 8.42. The number of benzene rings is 1. The van der Waals surface area contributed by atoms with E-state index in [9.17, 15) is 0 Å². The Kier molecular flexibility index (Phi) is 8.47. The maximum absolute atomic E-state index is 3.59. The summed E-state index contributed by atoms with van der Waals surface area (Å²) in [5, 5.41) is 0. The molecule has 0 fully saturated rings. The molecule has 0 aromatic heterocycles. The van der Waals surface area contributed by atoms with E-state index in [2.05, 4.69) is 78.2 Å². The zero-order valence-corrected chi connectivity index (χ0v) is 16.3. The number of anilines is 1. The van der Waals surface area contributed by atoms with Gasteiger partial charge in [-0.05, 0) is 13.0 Å². The molecule has 0 atom stereocenters. The van der Waals surface area contributed by atoms with E-state index in [4.69, 9.17) is 0 Å². The van der Waals surface area contributed by atoms with E-state index in [0.29, 0.717) is 17.8 Å². The Bertz CT molecular complexity index is 383. The van der Waals surface area contributed by atoms with Gasteiger partial charge in [-0.1, -0.05) is 47.5 Å². The Morgan fingerprint density at radius 3 is 2.00 bits per heavy atom. The van der Waals surface area contributed by atoms with E-state index in [1.807, 2.05) is 0 Å². The fraction of sp³-hybridized carbons (Fsp3) is 0.588. The van der Waals surface area contributed by atoms with Crippen LogP contribution in [0.25, 0.3) is 0 Å². The molecule has 1 aromatic rings. The molecule has 2 heteroatoms. The van der Waals surface area contributed by atoms with Gasteiger partial charge in [-0.25, -0.2) is 6.54 Å². The molecular formula is C17H27NY-2. The van der Waals surface area contributed by atoms with Gasteiger partial charge in [0.15, 0.2) is 0 Å². The fourth-order valence-electron chi connectivity index (χ4n) is 2.22. The monoisotopic (exact) mass is 334 g/mol. The van der Waals surface area contributed by atoms with Gasteiger partial charge in [-0.3, -0.25) is 0 Å². The SMILES string of the molecule is CC(C)[CH-]N(C)c1[c-]c(C(C)C)c(C(C)C)cc1.[Y]. The molecule has 0 amide bonds. The number of hydrogen-bond acceptors (Lipinski definition) is 1. The van der Waals surface area contributed by atoms with Crippen molar-refractivity contribution in [1.82, 2.24) is 0 Å². The van der Waals surface area contributed by atoms with E-state index in [1.54, 1.807) is 0 Å². The molecule has 19 heavy (non-hydrogen) atoms. The van der Waals surface area contributed by atoms with E-state index >= 15 is 0 Å². The summed E-state index contributed by atoms with van der Waals surface area (Å²) in [5.74, 6) is 1.64. The summed E-state index contributed by atoms with van der Waals surface area (Å²) in [6.07, 6.45) is 0. The first-order valence-corrected chi connectivity index (χ1v) is 6.96. The first-order valence-electron chi connectivity index (χ1n) is 6.96. The molecule has 0 spiro atoms. The van der Waals surface area contributed by atoms with E-state index in [0.717, 1.165) is 5.69 Å². The van der Waals surface area contributed by atoms with Gasteiger partial charge in [0.1, 0.15) is 0 Å². The van der Waals surface area contributed by atoms with Gasteiger partial charge in [0.05, 0.1) is 0 Å². The van der Waals surface area contributed by atoms with Crippen molar-refractivity contribution in [2.24, 2.45) is 5.92 Å². The van der Waals surface area contributed by atoms with Crippen LogP contribution in [-0.4, -0.2) is 7.05 Å². The largest absolute Gasteiger partial charge is 0.545 e. The smallest absolute Gasteiger partial charge is 0 e. The molecule has 0 aliphatic rings. The van der Waals surface area contributed by atoms with Gasteiger partial charge in [-0.15, -0.1) is 11.3 Å². The van der Waals surface area contributed by atoms with Crippen LogP contribution in [-0.2, 0) is 32.7 Å². The van der Waals surface area contributed by atoms with Crippen molar-refractivity contribution in [3.63, 3.8) is 0 Å². The van der Waals surface area contributed by atoms with E-state index in [-0.39, 0.29) is 32.7 Å². The van der Waals surface area contributed by atoms with Crippen LogP contribution in [0.4, 0.5) is 5.69 Å². The minimum Gasteiger partial charge on any atom is -0.545 e. The van der Waals surface area contributed by atoms with Gasteiger partial charge < -0.3 is 4.90 Å². The number of hydrogen-bond donors (Lipinski definition) is 0. The Hall–Kier alpha value is 0.124. The van der Waals surface area contributed by atoms with E-state index in [1.165, 1.54) is 11.1 Å². The predicted octanol–water partition coefficient (Wildman–Crippen LogP) is 4.99. The first kappa shape index (κ1) is 19.1. The van der Waals surface area contributed by atoms with Crippen molar-refractivity contribution in [3.05, 3.63) is 35.9 Å². The van der Waals surface area contributed by atoms with Crippen LogP contribution in [0, 0.1) is 18.5 Å². The summed E-state index contributed by atoms with van der Waals surface area (Å²) in [4.78, 5) is 2.18. The molecule has 0 N–H and O–H groups in total. The molecule has 0 aliphatic carbocycles. The molecule has 0 saturated heterocycles. The molecule has 0 bridgehead atoms. The van der Waals surface area contributed by atoms with Gasteiger partial charge in [0.2, 0.25) is 0 Å². The Morgan fingerprint density at radius 1 is 1.00 bits per heavy atom. The summed E-state index contributed by atoms with van der Waals surface area (Å²) >= 11 is 0. The van der Waals surface area contributed by atoms with Crippen molar-refractivity contribution in [3.8, 4) is 0 Å². The summed E-state index contributed by atoms with van der Waals surface area (Å²) in [5.41, 5.74) is 3.94. The van der Waals surface area contributed by atoms with Crippen molar-refractivity contribution < 1.29 is 32.7 Å². The van der Waals surface area contributed by atoms with Crippen LogP contribution in [0.5, 0.6) is 0 Å². The number of nitrogens with zero attached hydrogens (tertiary/aromatic N) is 1. The molecular weight excluding hydrogens is 307 g/mol. The maximum Gasteiger partial charge on any atom is 0 e. The van der Waals surface area contributed by atoms with Crippen molar-refractivity contribution in [2.45, 2.75) is 53.4 Å². The molecule has 1 rings (SSSR count). The Labute approximate surface area is 145 Å². The van der Waals surface area contributed by atoms with Crippen molar-refractivity contribution in [1.29, 1.82) is 0 Å². The minimum absolute atomic E-state index is 0. The predicted molar refractivity (Wildman–Crippen MR) is 81.0 cm³/mol. The molecule has 1 aromatic carbocycles. The Balaban J connectivity index is 0.00000324. The topological polar surface area (TPSA) is 3.24 Å².